The van der Waals surface area contributed by atoms with Crippen molar-refractivity contribution in [2.75, 3.05) is 47.9 Å². The number of nitrogens with zero attached hydrogens (tertiary/aromatic N) is 9. The monoisotopic (exact) mass is 758 g/mol. The van der Waals surface area contributed by atoms with E-state index < -0.39 is 21.7 Å². The van der Waals surface area contributed by atoms with Crippen LogP contribution < -0.4 is 20.0 Å². The molecule has 0 amide bonds. The highest BCUT2D eigenvalue weighted by atomic mass is 32.2. The molecule has 1 N–H and O–H groups in total. The number of nitrogens with one attached hydrogen (secondary N) is 1. The molecule has 3 aromatic carbocycles. The van der Waals surface area contributed by atoms with Gasteiger partial charge in [0.05, 0.1) is 21.9 Å². The summed E-state index contributed by atoms with van der Waals surface area (Å²) in [6.45, 7) is 2.58. The molecule has 0 spiro atoms. The van der Waals surface area contributed by atoms with Crippen molar-refractivity contribution in [3.05, 3.63) is 90.1 Å². The van der Waals surface area contributed by atoms with E-state index in [1.165, 1.54) is 12.4 Å². The number of piperazine rings is 1. The fourth-order valence-electron chi connectivity index (χ4n) is 8.20. The van der Waals surface area contributed by atoms with Gasteiger partial charge in [0.25, 0.3) is 10.0 Å². The van der Waals surface area contributed by atoms with Crippen LogP contribution in [0.5, 0.6) is 0 Å². The van der Waals surface area contributed by atoms with E-state index in [-0.39, 0.29) is 33.6 Å². The van der Waals surface area contributed by atoms with Gasteiger partial charge in [0.1, 0.15) is 29.2 Å². The van der Waals surface area contributed by atoms with Crippen molar-refractivity contribution in [2.45, 2.75) is 54.6 Å². The topological polar surface area (TPSA) is 125 Å². The van der Waals surface area contributed by atoms with E-state index in [2.05, 4.69) is 36.1 Å². The van der Waals surface area contributed by atoms with Crippen molar-refractivity contribution < 1.29 is 17.2 Å². The third-order valence-corrected chi connectivity index (χ3v) is 13.0. The molecule has 278 valence electrons. The first-order chi connectivity index (χ1) is 26.7. The van der Waals surface area contributed by atoms with E-state index in [9.17, 15) is 12.8 Å². The van der Waals surface area contributed by atoms with Gasteiger partial charge >= 0.3 is 0 Å². The van der Waals surface area contributed by atoms with E-state index in [1.807, 2.05) is 18.0 Å². The molecule has 10 rings (SSSR count). The van der Waals surface area contributed by atoms with Crippen LogP contribution in [-0.4, -0.2) is 88.9 Å². The lowest BCUT2D eigenvalue weighted by Crippen LogP contribution is -2.59. The van der Waals surface area contributed by atoms with Crippen LogP contribution in [0.1, 0.15) is 43.0 Å². The van der Waals surface area contributed by atoms with E-state index in [0.717, 1.165) is 48.5 Å². The molecule has 3 aromatic heterocycles. The van der Waals surface area contributed by atoms with Crippen LogP contribution in [0.15, 0.2) is 72.0 Å². The highest BCUT2D eigenvalue weighted by molar-refractivity contribution is 7.89. The minimum Gasteiger partial charge on any atom is -0.368 e. The molecule has 4 fully saturated rings. The largest absolute Gasteiger partial charge is 0.368 e. The molecule has 6 aromatic rings. The van der Waals surface area contributed by atoms with E-state index in [0.29, 0.717) is 64.5 Å². The Bertz CT molecular complexity index is 2660. The molecule has 3 saturated heterocycles. The summed E-state index contributed by atoms with van der Waals surface area (Å²) in [6, 6.07) is 15.7. The number of pyridine rings is 1. The van der Waals surface area contributed by atoms with Crippen LogP contribution in [0.2, 0.25) is 0 Å². The minimum atomic E-state index is -3.87. The third-order valence-electron chi connectivity index (χ3n) is 11.5. The molecule has 4 aliphatic rings. The lowest BCUT2D eigenvalue weighted by molar-refractivity contribution is 0.462. The van der Waals surface area contributed by atoms with Gasteiger partial charge in [-0.2, -0.15) is 13.4 Å². The predicted molar refractivity (Wildman–Crippen MR) is 206 cm³/mol. The molecule has 2 bridgehead atoms. The van der Waals surface area contributed by atoms with Gasteiger partial charge in [0, 0.05) is 74.1 Å². The van der Waals surface area contributed by atoms with Crippen molar-refractivity contribution in [1.29, 1.82) is 0 Å². The average molecular weight is 759 g/mol. The first kappa shape index (κ1) is 33.8. The van der Waals surface area contributed by atoms with Crippen LogP contribution in [0, 0.1) is 24.0 Å². The van der Waals surface area contributed by atoms with Gasteiger partial charge < -0.3 is 20.0 Å². The maximum atomic E-state index is 17.0. The highest BCUT2D eigenvalue weighted by Crippen LogP contribution is 2.39. The van der Waals surface area contributed by atoms with Crippen molar-refractivity contribution >= 4 is 49.2 Å². The Kier molecular flexibility index (Phi) is 7.79. The second kappa shape index (κ2) is 12.7. The van der Waals surface area contributed by atoms with Crippen molar-refractivity contribution in [3.8, 4) is 23.6 Å². The second-order valence-corrected chi connectivity index (χ2v) is 16.8. The third kappa shape index (κ3) is 5.65. The summed E-state index contributed by atoms with van der Waals surface area (Å²) in [5.41, 5.74) is 1.46. The summed E-state index contributed by atoms with van der Waals surface area (Å²) < 4.78 is 59.3. The summed E-state index contributed by atoms with van der Waals surface area (Å²) in [7, 11) is -1.91. The van der Waals surface area contributed by atoms with Crippen molar-refractivity contribution in [3.63, 3.8) is 0 Å². The van der Waals surface area contributed by atoms with E-state index >= 15 is 4.39 Å². The fourth-order valence-corrected chi connectivity index (χ4v) is 9.26. The maximum Gasteiger partial charge on any atom is 0.284 e. The summed E-state index contributed by atoms with van der Waals surface area (Å²) in [6.07, 6.45) is 12.7. The smallest absolute Gasteiger partial charge is 0.284 e. The van der Waals surface area contributed by atoms with Crippen molar-refractivity contribution in [2.24, 2.45) is 0 Å². The Morgan fingerprint density at radius 2 is 1.67 bits per heavy atom. The zero-order chi connectivity index (χ0) is 37.6. The Labute approximate surface area is 316 Å². The molecule has 12 nitrogen and oxygen atoms in total. The number of likely N-dealkylation sites (N-methyl/N-ethyl adjacent to an activating group) is 1. The molecule has 2 atom stereocenters. The zero-order valence-corrected chi connectivity index (χ0v) is 30.7. The summed E-state index contributed by atoms with van der Waals surface area (Å²) in [4.78, 5) is 25.1. The molecule has 6 heterocycles. The number of halogens is 2. The number of anilines is 3. The van der Waals surface area contributed by atoms with Crippen molar-refractivity contribution in [1.82, 2.24) is 34.4 Å². The Balaban J connectivity index is 0.963. The molecule has 0 radical (unpaired) electrons. The van der Waals surface area contributed by atoms with Crippen LogP contribution in [-0.2, 0) is 10.0 Å². The number of rotatable bonds is 8. The van der Waals surface area contributed by atoms with Gasteiger partial charge in [0.15, 0.2) is 11.6 Å². The summed E-state index contributed by atoms with van der Waals surface area (Å²) in [5, 5.41) is 9.48. The van der Waals surface area contributed by atoms with E-state index in [4.69, 9.17) is 16.4 Å². The predicted octanol–water partition coefficient (Wildman–Crippen LogP) is 5.08. The standard InChI is InChI=1S/C40H36F2N10O2S/c1-3-30-33(41)16-9-23-5-4-6-31(34(23)30)36-35(42)37-32(17-43-36)39(50-18-25-10-11-26(19-50)45-25)47-40(46-37)51-20-28(21-51)49(2)27-12-14-29(15-13-27)55(53,54)52-22-44-38(48-52)24-7-8-24/h1,4-6,9,12-17,22,24-26,28,45H,7-8,10-11,18-21H2,2H3/t25-,26+. The minimum absolute atomic E-state index is 0.0371. The highest BCUT2D eigenvalue weighted by Gasteiger charge is 2.37. The SMILES string of the molecule is C#Cc1c(F)ccc2cccc(-c3ncc4c(N5C[C@H]6CC[C@@H](C5)N6)nc(N5CC(N(C)c6ccc(S(=O)(=O)n7cnc(C8CC8)n7)cc6)C5)nc4c3F)c12. The number of benzene rings is 3. The first-order valence-corrected chi connectivity index (χ1v) is 19.9. The fraction of sp³-hybridized carbons (Fsp3) is 0.325. The van der Waals surface area contributed by atoms with Gasteiger partial charge in [-0.3, -0.25) is 4.98 Å². The maximum absolute atomic E-state index is 17.0. The number of fused-ring (bicyclic) bond motifs is 4. The number of hydrogen-bond donors (Lipinski definition) is 1. The normalized spacial score (nSPS) is 19.9. The van der Waals surface area contributed by atoms with Crippen LogP contribution >= 0.6 is 0 Å². The zero-order valence-electron chi connectivity index (χ0n) is 29.9. The molecule has 55 heavy (non-hydrogen) atoms. The average Bonchev–Trinajstić information content (AvgIpc) is 3.80. The quantitative estimate of drug-likeness (QED) is 0.209. The number of terminal acetylenes is 1. The molecule has 3 aliphatic heterocycles. The van der Waals surface area contributed by atoms with Gasteiger partial charge in [-0.15, -0.1) is 15.6 Å². The van der Waals surface area contributed by atoms with Crippen LogP contribution in [0.4, 0.5) is 26.2 Å². The lowest BCUT2D eigenvalue weighted by atomic mass is 9.96. The van der Waals surface area contributed by atoms with Crippen LogP contribution in [0.25, 0.3) is 32.9 Å². The summed E-state index contributed by atoms with van der Waals surface area (Å²) in [5.74, 6) is 3.12. The van der Waals surface area contributed by atoms with Gasteiger partial charge in [-0.05, 0) is 61.4 Å². The van der Waals surface area contributed by atoms with Gasteiger partial charge in [-0.1, -0.05) is 30.2 Å². The van der Waals surface area contributed by atoms with Gasteiger partial charge in [0.2, 0.25) is 5.95 Å². The number of aromatic nitrogens is 6. The first-order valence-electron chi connectivity index (χ1n) is 18.5. The van der Waals surface area contributed by atoms with E-state index in [1.54, 1.807) is 48.7 Å². The Morgan fingerprint density at radius 3 is 2.40 bits per heavy atom. The number of hydrogen-bond acceptors (Lipinski definition) is 11. The Hall–Kier alpha value is -5.72. The van der Waals surface area contributed by atoms with Gasteiger partial charge in [-0.25, -0.2) is 18.7 Å². The molecule has 1 saturated carbocycles. The Morgan fingerprint density at radius 1 is 0.909 bits per heavy atom. The second-order valence-electron chi connectivity index (χ2n) is 15.0. The molecule has 1 aliphatic carbocycles. The lowest BCUT2D eigenvalue weighted by Gasteiger charge is -2.45. The molecule has 0 unspecified atom stereocenters. The molecular weight excluding hydrogens is 723 g/mol. The summed E-state index contributed by atoms with van der Waals surface area (Å²) >= 11 is 0. The van der Waals surface area contributed by atoms with Crippen LogP contribution in [0.3, 0.4) is 0 Å². The molecular formula is C40H36F2N10O2S. The molecule has 15 heteroatoms.